The Morgan fingerprint density at radius 3 is 2.83 bits per heavy atom. The number of rotatable bonds is 5. The summed E-state index contributed by atoms with van der Waals surface area (Å²) in [6, 6.07) is 3.00. The fraction of sp³-hybridized carbons (Fsp3) is 0.467. The Kier molecular flexibility index (Phi) is 5.68. The van der Waals surface area contributed by atoms with Crippen LogP contribution in [0.2, 0.25) is 5.02 Å². The number of ether oxygens (including phenoxy) is 3. The number of primary amides is 1. The first-order valence-corrected chi connectivity index (χ1v) is 7.49. The Balaban J connectivity index is 2.27. The highest BCUT2D eigenvalue weighted by molar-refractivity contribution is 6.32. The van der Waals surface area contributed by atoms with Crippen LogP contribution in [-0.4, -0.2) is 56.2 Å². The molecule has 1 aromatic rings. The highest BCUT2D eigenvalue weighted by Gasteiger charge is 2.26. The zero-order valence-electron chi connectivity index (χ0n) is 13.0. The summed E-state index contributed by atoms with van der Waals surface area (Å²) >= 11 is 6.16. The van der Waals surface area contributed by atoms with E-state index in [0.717, 1.165) is 0 Å². The summed E-state index contributed by atoms with van der Waals surface area (Å²) in [5.74, 6) is -0.351. The summed E-state index contributed by atoms with van der Waals surface area (Å²) < 4.78 is 15.8. The second kappa shape index (κ2) is 7.52. The van der Waals surface area contributed by atoms with E-state index in [1.165, 1.54) is 19.2 Å². The Morgan fingerprint density at radius 1 is 1.48 bits per heavy atom. The highest BCUT2D eigenvalue weighted by atomic mass is 35.5. The first-order valence-electron chi connectivity index (χ1n) is 7.11. The molecule has 0 radical (unpaired) electrons. The van der Waals surface area contributed by atoms with Gasteiger partial charge in [0.15, 0.2) is 18.1 Å². The van der Waals surface area contributed by atoms with Gasteiger partial charge < -0.3 is 24.8 Å². The van der Waals surface area contributed by atoms with Gasteiger partial charge in [0.1, 0.15) is 0 Å². The molecule has 2 rings (SSSR count). The van der Waals surface area contributed by atoms with Crippen LogP contribution in [0.5, 0.6) is 11.5 Å². The van der Waals surface area contributed by atoms with E-state index in [1.807, 2.05) is 6.92 Å². The molecule has 2 N–H and O–H groups in total. The standard InChI is InChI=1S/C15H19ClN2O5/c1-9-7-22-4-3-18(9)15(20)10-5-11(16)14(12(6-10)21-2)23-8-13(17)19/h5-6,9H,3-4,7-8H2,1-2H3,(H2,17,19). The maximum absolute atomic E-state index is 12.6. The van der Waals surface area contributed by atoms with E-state index in [9.17, 15) is 9.59 Å². The van der Waals surface area contributed by atoms with Crippen molar-refractivity contribution >= 4 is 23.4 Å². The third kappa shape index (κ3) is 4.05. The van der Waals surface area contributed by atoms with Gasteiger partial charge in [-0.1, -0.05) is 11.6 Å². The molecular formula is C15H19ClN2O5. The average Bonchev–Trinajstić information content (AvgIpc) is 2.52. The summed E-state index contributed by atoms with van der Waals surface area (Å²) in [5.41, 5.74) is 5.43. The minimum absolute atomic E-state index is 0.0215. The zero-order chi connectivity index (χ0) is 17.0. The maximum atomic E-state index is 12.6. The molecule has 0 spiro atoms. The Labute approximate surface area is 139 Å². The SMILES string of the molecule is COc1cc(C(=O)N2CCOCC2C)cc(Cl)c1OCC(N)=O. The van der Waals surface area contributed by atoms with Gasteiger partial charge in [-0.3, -0.25) is 9.59 Å². The lowest BCUT2D eigenvalue weighted by Crippen LogP contribution is -2.47. The van der Waals surface area contributed by atoms with E-state index in [4.69, 9.17) is 31.5 Å². The van der Waals surface area contributed by atoms with E-state index < -0.39 is 5.91 Å². The second-order valence-corrected chi connectivity index (χ2v) is 5.57. The Hall–Kier alpha value is -1.99. The monoisotopic (exact) mass is 342 g/mol. The molecule has 0 saturated carbocycles. The number of morpholine rings is 1. The number of nitrogens with zero attached hydrogens (tertiary/aromatic N) is 1. The van der Waals surface area contributed by atoms with E-state index in [1.54, 1.807) is 4.90 Å². The molecular weight excluding hydrogens is 324 g/mol. The van der Waals surface area contributed by atoms with Gasteiger partial charge in [-0.15, -0.1) is 0 Å². The van der Waals surface area contributed by atoms with Gasteiger partial charge in [-0.2, -0.15) is 0 Å². The third-order valence-electron chi connectivity index (χ3n) is 3.46. The van der Waals surface area contributed by atoms with Gasteiger partial charge in [0.2, 0.25) is 0 Å². The van der Waals surface area contributed by atoms with Gasteiger partial charge in [-0.25, -0.2) is 0 Å². The molecule has 7 nitrogen and oxygen atoms in total. The summed E-state index contributed by atoms with van der Waals surface area (Å²) in [6.07, 6.45) is 0. The maximum Gasteiger partial charge on any atom is 0.255 e. The lowest BCUT2D eigenvalue weighted by molar-refractivity contribution is -0.119. The van der Waals surface area contributed by atoms with Gasteiger partial charge in [0, 0.05) is 12.1 Å². The Bertz CT molecular complexity index is 608. The molecule has 1 aromatic carbocycles. The molecule has 1 saturated heterocycles. The molecule has 0 aliphatic carbocycles. The average molecular weight is 343 g/mol. The van der Waals surface area contributed by atoms with Crippen molar-refractivity contribution in [2.75, 3.05) is 33.5 Å². The second-order valence-electron chi connectivity index (χ2n) is 5.17. The molecule has 1 unspecified atom stereocenters. The van der Waals surface area contributed by atoms with Crippen LogP contribution < -0.4 is 15.2 Å². The topological polar surface area (TPSA) is 91.1 Å². The first kappa shape index (κ1) is 17.4. The Morgan fingerprint density at radius 2 is 2.22 bits per heavy atom. The largest absolute Gasteiger partial charge is 0.493 e. The van der Waals surface area contributed by atoms with Gasteiger partial charge in [0.05, 0.1) is 31.4 Å². The summed E-state index contributed by atoms with van der Waals surface area (Å²) in [7, 11) is 1.43. The van der Waals surface area contributed by atoms with Crippen molar-refractivity contribution in [1.82, 2.24) is 4.90 Å². The molecule has 1 heterocycles. The number of carbonyl (C=O) groups excluding carboxylic acids is 2. The molecule has 0 bridgehead atoms. The fourth-order valence-electron chi connectivity index (χ4n) is 2.32. The van der Waals surface area contributed by atoms with Crippen LogP contribution >= 0.6 is 11.6 Å². The molecule has 2 amide bonds. The number of halogens is 1. The van der Waals surface area contributed by atoms with E-state index in [-0.39, 0.29) is 35.1 Å². The van der Waals surface area contributed by atoms with Gasteiger partial charge >= 0.3 is 0 Å². The summed E-state index contributed by atoms with van der Waals surface area (Å²) in [5, 5.41) is 0.176. The first-order chi connectivity index (χ1) is 10.9. The van der Waals surface area contributed by atoms with Gasteiger partial charge in [0.25, 0.3) is 11.8 Å². The lowest BCUT2D eigenvalue weighted by Gasteiger charge is -2.33. The molecule has 8 heteroatoms. The van der Waals surface area contributed by atoms with Crippen molar-refractivity contribution in [2.45, 2.75) is 13.0 Å². The molecule has 1 fully saturated rings. The van der Waals surface area contributed by atoms with Crippen molar-refractivity contribution in [3.05, 3.63) is 22.7 Å². The van der Waals surface area contributed by atoms with E-state index >= 15 is 0 Å². The van der Waals surface area contributed by atoms with Crippen LogP contribution in [0.3, 0.4) is 0 Å². The molecule has 1 aliphatic rings. The number of methoxy groups -OCH3 is 1. The third-order valence-corrected chi connectivity index (χ3v) is 3.74. The predicted molar refractivity (Wildman–Crippen MR) is 84.0 cm³/mol. The summed E-state index contributed by atoms with van der Waals surface area (Å²) in [4.78, 5) is 25.2. The smallest absolute Gasteiger partial charge is 0.255 e. The molecule has 126 valence electrons. The number of nitrogens with two attached hydrogens (primary N) is 1. The van der Waals surface area contributed by atoms with Crippen LogP contribution in [-0.2, 0) is 9.53 Å². The lowest BCUT2D eigenvalue weighted by atomic mass is 10.1. The van der Waals surface area contributed by atoms with Crippen LogP contribution in [0, 0.1) is 0 Å². The predicted octanol–water partition coefficient (Wildman–Crippen LogP) is 1.07. The number of carbonyl (C=O) groups is 2. The van der Waals surface area contributed by atoms with E-state index in [2.05, 4.69) is 0 Å². The summed E-state index contributed by atoms with van der Waals surface area (Å²) in [6.45, 7) is 3.10. The normalized spacial score (nSPS) is 17.7. The van der Waals surface area contributed by atoms with Crippen molar-refractivity contribution < 1.29 is 23.8 Å². The number of hydrogen-bond acceptors (Lipinski definition) is 5. The fourth-order valence-corrected chi connectivity index (χ4v) is 2.59. The van der Waals surface area contributed by atoms with Crippen molar-refractivity contribution in [3.8, 4) is 11.5 Å². The minimum Gasteiger partial charge on any atom is -0.493 e. The van der Waals surface area contributed by atoms with Crippen LogP contribution in [0.15, 0.2) is 12.1 Å². The quantitative estimate of drug-likeness (QED) is 0.864. The van der Waals surface area contributed by atoms with Gasteiger partial charge in [-0.05, 0) is 19.1 Å². The molecule has 0 aromatic heterocycles. The molecule has 1 atom stereocenters. The van der Waals surface area contributed by atoms with E-state index in [0.29, 0.717) is 25.3 Å². The van der Waals surface area contributed by atoms with Crippen LogP contribution in [0.1, 0.15) is 17.3 Å². The van der Waals surface area contributed by atoms with Crippen LogP contribution in [0.4, 0.5) is 0 Å². The highest BCUT2D eigenvalue weighted by Crippen LogP contribution is 2.36. The minimum atomic E-state index is -0.634. The number of amides is 2. The molecule has 1 aliphatic heterocycles. The molecule has 23 heavy (non-hydrogen) atoms. The van der Waals surface area contributed by atoms with Crippen molar-refractivity contribution in [1.29, 1.82) is 0 Å². The van der Waals surface area contributed by atoms with Crippen molar-refractivity contribution in [2.24, 2.45) is 5.73 Å². The number of hydrogen-bond donors (Lipinski definition) is 1. The van der Waals surface area contributed by atoms with Crippen molar-refractivity contribution in [3.63, 3.8) is 0 Å². The zero-order valence-corrected chi connectivity index (χ0v) is 13.8. The number of benzene rings is 1. The van der Waals surface area contributed by atoms with Crippen LogP contribution in [0.25, 0.3) is 0 Å².